The molecule has 2 aromatic rings. The highest BCUT2D eigenvalue weighted by molar-refractivity contribution is 5.96. The molecule has 0 bridgehead atoms. The number of nitrogens with zero attached hydrogens (tertiary/aromatic N) is 2. The molecular weight excluding hydrogens is 432 g/mol. The van der Waals surface area contributed by atoms with Crippen LogP contribution < -0.4 is 4.90 Å². The normalized spacial score (nSPS) is 16.4. The van der Waals surface area contributed by atoms with E-state index in [0.717, 1.165) is 45.2 Å². The van der Waals surface area contributed by atoms with Crippen LogP contribution in [0.3, 0.4) is 0 Å². The van der Waals surface area contributed by atoms with E-state index in [-0.39, 0.29) is 6.42 Å². The minimum absolute atomic E-state index is 0.255. The van der Waals surface area contributed by atoms with E-state index >= 15 is 0 Å². The smallest absolute Gasteiger partial charge is 0.303 e. The molecule has 4 nitrogen and oxygen atoms in total. The highest BCUT2D eigenvalue weighted by atomic mass is 16.4. The fourth-order valence-electron chi connectivity index (χ4n) is 4.92. The molecule has 0 aromatic heterocycles. The van der Waals surface area contributed by atoms with Crippen molar-refractivity contribution in [2.75, 3.05) is 18.0 Å². The number of benzene rings is 2. The van der Waals surface area contributed by atoms with E-state index in [9.17, 15) is 4.79 Å². The van der Waals surface area contributed by atoms with Gasteiger partial charge < -0.3 is 10.0 Å². The Morgan fingerprint density at radius 1 is 0.914 bits per heavy atom. The van der Waals surface area contributed by atoms with Crippen molar-refractivity contribution in [1.29, 1.82) is 0 Å². The van der Waals surface area contributed by atoms with Crippen molar-refractivity contribution in [2.45, 2.75) is 45.4 Å². The van der Waals surface area contributed by atoms with Crippen LogP contribution in [0.25, 0.3) is 0 Å². The molecule has 35 heavy (non-hydrogen) atoms. The van der Waals surface area contributed by atoms with Gasteiger partial charge in [-0.15, -0.1) is 0 Å². The number of unbranched alkanes of at least 4 members (excludes halogenated alkanes) is 2. The number of anilines is 1. The third kappa shape index (κ3) is 6.27. The van der Waals surface area contributed by atoms with Crippen LogP contribution in [0.1, 0.15) is 43.7 Å². The molecule has 4 rings (SSSR count). The van der Waals surface area contributed by atoms with Crippen LogP contribution in [0, 0.1) is 0 Å². The molecule has 0 unspecified atom stereocenters. The van der Waals surface area contributed by atoms with Crippen LogP contribution >= 0.6 is 0 Å². The lowest BCUT2D eigenvalue weighted by atomic mass is 10.1. The Labute approximate surface area is 208 Å². The van der Waals surface area contributed by atoms with Crippen LogP contribution in [0.15, 0.2) is 96.8 Å². The number of carboxylic acids is 1. The maximum absolute atomic E-state index is 10.7. The number of allylic oxidation sites excluding steroid dienone is 8. The van der Waals surface area contributed by atoms with E-state index in [1.807, 2.05) is 0 Å². The molecular formula is C31H35N2O2+. The second-order valence-electron chi connectivity index (χ2n) is 8.99. The summed E-state index contributed by atoms with van der Waals surface area (Å²) in [6.45, 7) is 4.10. The monoisotopic (exact) mass is 467 g/mol. The first kappa shape index (κ1) is 24.5. The lowest BCUT2D eigenvalue weighted by Gasteiger charge is -2.18. The largest absolute Gasteiger partial charge is 0.481 e. The molecule has 0 saturated carbocycles. The second-order valence-corrected chi connectivity index (χ2v) is 8.99. The molecule has 0 amide bonds. The predicted molar refractivity (Wildman–Crippen MR) is 145 cm³/mol. The number of hydrogen-bond acceptors (Lipinski definition) is 2. The SMILES string of the molecule is CCN1\C(=C/C=C/C=C/C=C/C2=[N+](CCCCCC(=O)O)c3ccccc3C2)Cc2ccccc21. The first-order chi connectivity index (χ1) is 17.2. The van der Waals surface area contributed by atoms with Gasteiger partial charge in [-0.05, 0) is 37.5 Å². The van der Waals surface area contributed by atoms with Crippen molar-refractivity contribution < 1.29 is 14.5 Å². The standard InChI is InChI=1S/C31H34N2O2/c1-2-32-27(23-25-15-10-12-19-29(25)32)17-7-4-3-5-8-18-28-24-26-16-11-13-20-30(26)33(28)22-14-6-9-21-31(34)35/h3-5,7-8,10-13,15-20H,2,6,9,14,21-24H2,1H3/p+1. The van der Waals surface area contributed by atoms with Crippen molar-refractivity contribution in [1.82, 2.24) is 0 Å². The Balaban J connectivity index is 1.35. The Hall–Kier alpha value is -3.66. The Morgan fingerprint density at radius 3 is 2.49 bits per heavy atom. The summed E-state index contributed by atoms with van der Waals surface area (Å²) in [7, 11) is 0. The maximum atomic E-state index is 10.7. The number of hydrogen-bond donors (Lipinski definition) is 1. The van der Waals surface area contributed by atoms with Crippen molar-refractivity contribution >= 4 is 23.1 Å². The Morgan fingerprint density at radius 2 is 1.66 bits per heavy atom. The predicted octanol–water partition coefficient (Wildman–Crippen LogP) is 6.61. The number of aliphatic carboxylic acids is 1. The zero-order valence-electron chi connectivity index (χ0n) is 20.6. The fraction of sp³-hybridized carbons (Fsp3) is 0.290. The first-order valence-corrected chi connectivity index (χ1v) is 12.7. The van der Waals surface area contributed by atoms with E-state index < -0.39 is 5.97 Å². The number of likely N-dealkylation sites (N-methyl/N-ethyl adjacent to an activating group) is 1. The lowest BCUT2D eigenvalue weighted by molar-refractivity contribution is -0.437. The van der Waals surface area contributed by atoms with Gasteiger partial charge in [0.2, 0.25) is 5.69 Å². The molecule has 2 aliphatic rings. The zero-order valence-corrected chi connectivity index (χ0v) is 20.6. The van der Waals surface area contributed by atoms with Gasteiger partial charge in [0.05, 0.1) is 6.42 Å². The van der Waals surface area contributed by atoms with Gasteiger partial charge in [0.25, 0.3) is 0 Å². The number of fused-ring (bicyclic) bond motifs is 2. The third-order valence-electron chi connectivity index (χ3n) is 6.61. The van der Waals surface area contributed by atoms with Crippen molar-refractivity contribution in [3.63, 3.8) is 0 Å². The summed E-state index contributed by atoms with van der Waals surface area (Å²) in [6.07, 6.45) is 19.7. The van der Waals surface area contributed by atoms with Gasteiger partial charge in [0.15, 0.2) is 5.71 Å². The molecule has 0 saturated heterocycles. The zero-order chi connectivity index (χ0) is 24.5. The summed E-state index contributed by atoms with van der Waals surface area (Å²) in [5.74, 6) is -0.709. The van der Waals surface area contributed by atoms with Gasteiger partial charge in [-0.25, -0.2) is 0 Å². The molecule has 180 valence electrons. The fourth-order valence-corrected chi connectivity index (χ4v) is 4.92. The highest BCUT2D eigenvalue weighted by Crippen LogP contribution is 2.33. The number of carboxylic acid groups (broad SMARTS) is 1. The lowest BCUT2D eigenvalue weighted by Crippen LogP contribution is -2.17. The van der Waals surface area contributed by atoms with E-state index in [1.54, 1.807) is 0 Å². The molecule has 1 N–H and O–H groups in total. The first-order valence-electron chi connectivity index (χ1n) is 12.7. The minimum atomic E-state index is -0.709. The minimum Gasteiger partial charge on any atom is -0.481 e. The third-order valence-corrected chi connectivity index (χ3v) is 6.61. The van der Waals surface area contributed by atoms with E-state index in [2.05, 4.69) is 107 Å². The number of carbonyl (C=O) groups is 1. The van der Waals surface area contributed by atoms with Crippen molar-refractivity contribution in [2.24, 2.45) is 0 Å². The summed E-state index contributed by atoms with van der Waals surface area (Å²) in [5, 5.41) is 8.85. The van der Waals surface area contributed by atoms with Gasteiger partial charge >= 0.3 is 5.97 Å². The van der Waals surface area contributed by atoms with Crippen LogP contribution in [0.5, 0.6) is 0 Å². The Kier molecular flexibility index (Phi) is 8.50. The van der Waals surface area contributed by atoms with Gasteiger partial charge in [-0.3, -0.25) is 4.79 Å². The molecule has 2 heterocycles. The summed E-state index contributed by atoms with van der Waals surface area (Å²) in [4.78, 5) is 13.1. The van der Waals surface area contributed by atoms with E-state index in [4.69, 9.17) is 5.11 Å². The topological polar surface area (TPSA) is 43.5 Å². The van der Waals surface area contributed by atoms with Crippen LogP contribution in [-0.4, -0.2) is 34.5 Å². The summed E-state index contributed by atoms with van der Waals surface area (Å²) < 4.78 is 2.39. The quantitative estimate of drug-likeness (QED) is 0.230. The molecule has 0 aliphatic carbocycles. The van der Waals surface area contributed by atoms with Crippen molar-refractivity contribution in [3.8, 4) is 0 Å². The van der Waals surface area contributed by atoms with Crippen molar-refractivity contribution in [3.05, 3.63) is 108 Å². The maximum Gasteiger partial charge on any atom is 0.303 e. The second kappa shape index (κ2) is 12.2. The van der Waals surface area contributed by atoms with Gasteiger partial charge in [-0.1, -0.05) is 66.8 Å². The molecule has 2 aliphatic heterocycles. The molecule has 2 aromatic carbocycles. The van der Waals surface area contributed by atoms with Gasteiger partial charge in [-0.2, -0.15) is 4.58 Å². The average molecular weight is 468 g/mol. The van der Waals surface area contributed by atoms with Gasteiger partial charge in [0, 0.05) is 54.9 Å². The summed E-state index contributed by atoms with van der Waals surface area (Å²) >= 11 is 0. The van der Waals surface area contributed by atoms with Crippen LogP contribution in [0.2, 0.25) is 0 Å². The van der Waals surface area contributed by atoms with Crippen LogP contribution in [0.4, 0.5) is 11.4 Å². The Bertz CT molecular complexity index is 1200. The van der Waals surface area contributed by atoms with Crippen LogP contribution in [-0.2, 0) is 17.6 Å². The van der Waals surface area contributed by atoms with E-state index in [1.165, 1.54) is 33.9 Å². The van der Waals surface area contributed by atoms with E-state index in [0.29, 0.717) is 0 Å². The summed E-state index contributed by atoms with van der Waals surface area (Å²) in [5.41, 5.74) is 7.99. The molecule has 0 fully saturated rings. The average Bonchev–Trinajstić information content (AvgIpc) is 3.40. The molecule has 0 radical (unpaired) electrons. The molecule has 0 spiro atoms. The molecule has 4 heteroatoms. The highest BCUT2D eigenvalue weighted by Gasteiger charge is 2.27. The molecule has 0 atom stereocenters. The number of rotatable bonds is 11. The summed E-state index contributed by atoms with van der Waals surface area (Å²) in [6, 6.07) is 17.2. The van der Waals surface area contributed by atoms with Gasteiger partial charge in [0.1, 0.15) is 6.54 Å². The number of para-hydroxylation sites is 2.